The van der Waals surface area contributed by atoms with Gasteiger partial charge in [-0.1, -0.05) is 30.3 Å². The largest absolute Gasteiger partial charge is 0.454 e. The highest BCUT2D eigenvalue weighted by Crippen LogP contribution is 2.34. The Kier molecular flexibility index (Phi) is 7.84. The van der Waals surface area contributed by atoms with Crippen molar-refractivity contribution in [1.29, 1.82) is 0 Å². The van der Waals surface area contributed by atoms with Gasteiger partial charge in [-0.2, -0.15) is 0 Å². The predicted octanol–water partition coefficient (Wildman–Crippen LogP) is 1.00. The fourth-order valence-corrected chi connectivity index (χ4v) is 3.16. The van der Waals surface area contributed by atoms with E-state index in [9.17, 15) is 24.5 Å². The van der Waals surface area contributed by atoms with E-state index in [0.717, 1.165) is 26.3 Å². The van der Waals surface area contributed by atoms with E-state index in [1.807, 2.05) is 6.07 Å². The van der Waals surface area contributed by atoms with E-state index in [1.165, 1.54) is 0 Å². The Morgan fingerprint density at radius 1 is 1.10 bits per heavy atom. The third-order valence-corrected chi connectivity index (χ3v) is 4.17. The first-order valence-electron chi connectivity index (χ1n) is 9.06. The first-order valence-corrected chi connectivity index (χ1v) is 9.06. The number of rotatable bonds is 8. The Hall–Kier alpha value is -3.05. The van der Waals surface area contributed by atoms with E-state index < -0.39 is 60.1 Å². The minimum atomic E-state index is -2.01. The molecule has 0 aliphatic carbocycles. The third kappa shape index (κ3) is 6.22. The number of esters is 3. The maximum absolute atomic E-state index is 11.7. The SMILES string of the molecule is CC(=O)O[C@H]1[C@H](OCc2ccccc2)OC[C@@](C[N+](=O)[O-])(OC(C)=O)[C@@H]1OC(C)=O. The van der Waals surface area contributed by atoms with Gasteiger partial charge >= 0.3 is 17.9 Å². The predicted molar refractivity (Wildman–Crippen MR) is 98.4 cm³/mol. The second-order valence-corrected chi connectivity index (χ2v) is 6.73. The summed E-state index contributed by atoms with van der Waals surface area (Å²) in [7, 11) is 0. The monoisotopic (exact) mass is 425 g/mol. The summed E-state index contributed by atoms with van der Waals surface area (Å²) in [4.78, 5) is 45.7. The lowest BCUT2D eigenvalue weighted by Gasteiger charge is -2.45. The summed E-state index contributed by atoms with van der Waals surface area (Å²) in [6, 6.07) is 9.01. The van der Waals surface area contributed by atoms with Crippen LogP contribution in [0, 0.1) is 10.1 Å². The summed E-state index contributed by atoms with van der Waals surface area (Å²) in [6.07, 6.45) is -4.17. The van der Waals surface area contributed by atoms with Crippen LogP contribution in [0.25, 0.3) is 0 Å². The third-order valence-electron chi connectivity index (χ3n) is 4.17. The number of hydrogen-bond acceptors (Lipinski definition) is 10. The van der Waals surface area contributed by atoms with Crippen LogP contribution in [0.2, 0.25) is 0 Å². The molecule has 0 saturated carbocycles. The van der Waals surface area contributed by atoms with Crippen LogP contribution in [-0.4, -0.2) is 60.1 Å². The van der Waals surface area contributed by atoms with E-state index in [1.54, 1.807) is 24.3 Å². The van der Waals surface area contributed by atoms with Crippen molar-refractivity contribution in [3.05, 3.63) is 46.0 Å². The van der Waals surface area contributed by atoms with Crippen LogP contribution in [0.4, 0.5) is 0 Å². The Morgan fingerprint density at radius 2 is 1.73 bits per heavy atom. The van der Waals surface area contributed by atoms with Gasteiger partial charge < -0.3 is 23.7 Å². The Balaban J connectivity index is 2.38. The van der Waals surface area contributed by atoms with Gasteiger partial charge in [0.05, 0.1) is 6.61 Å². The molecular formula is C19H23NO10. The molecule has 0 N–H and O–H groups in total. The standard InChI is InChI=1S/C19H23NO10/c1-12(21)28-16-17(29-13(2)22)19(10-20(24)25,30-14(3)23)11-27-18(16)26-9-15-7-5-4-6-8-15/h4-8,16-18H,9-11H2,1-3H3/t16-,17-,18-,19-/m1/s1. The number of hydrogen-bond donors (Lipinski definition) is 0. The van der Waals surface area contributed by atoms with Crippen molar-refractivity contribution in [1.82, 2.24) is 0 Å². The van der Waals surface area contributed by atoms with Gasteiger partial charge in [-0.3, -0.25) is 24.5 Å². The van der Waals surface area contributed by atoms with Gasteiger partial charge in [0.25, 0.3) is 0 Å². The van der Waals surface area contributed by atoms with E-state index >= 15 is 0 Å². The molecule has 0 radical (unpaired) electrons. The molecule has 11 heteroatoms. The van der Waals surface area contributed by atoms with E-state index in [4.69, 9.17) is 23.7 Å². The Labute approximate surface area is 172 Å². The number of ether oxygens (including phenoxy) is 5. The average molecular weight is 425 g/mol. The molecule has 1 aliphatic rings. The zero-order chi connectivity index (χ0) is 22.3. The minimum absolute atomic E-state index is 0.0614. The van der Waals surface area contributed by atoms with Gasteiger partial charge in [0.1, 0.15) is 6.61 Å². The summed E-state index contributed by atoms with van der Waals surface area (Å²) in [5.74, 6) is -2.45. The van der Waals surface area contributed by atoms with Crippen LogP contribution in [0.3, 0.4) is 0 Å². The van der Waals surface area contributed by atoms with Gasteiger partial charge in [-0.05, 0) is 5.56 Å². The maximum Gasteiger partial charge on any atom is 0.303 e. The van der Waals surface area contributed by atoms with Crippen LogP contribution in [0.1, 0.15) is 26.3 Å². The van der Waals surface area contributed by atoms with Crippen LogP contribution in [0.5, 0.6) is 0 Å². The van der Waals surface area contributed by atoms with Crippen molar-refractivity contribution in [3.8, 4) is 0 Å². The molecule has 1 aromatic carbocycles. The van der Waals surface area contributed by atoms with Gasteiger partial charge in [0.15, 0.2) is 18.5 Å². The fraction of sp³-hybridized carbons (Fsp3) is 0.526. The van der Waals surface area contributed by atoms with E-state index in [0.29, 0.717) is 0 Å². The highest BCUT2D eigenvalue weighted by atomic mass is 16.7. The summed E-state index contributed by atoms with van der Waals surface area (Å²) in [5.41, 5.74) is -1.22. The molecule has 0 aromatic heterocycles. The molecule has 0 amide bonds. The van der Waals surface area contributed by atoms with Crippen LogP contribution in [-0.2, 0) is 44.7 Å². The van der Waals surface area contributed by atoms with E-state index in [-0.39, 0.29) is 6.61 Å². The van der Waals surface area contributed by atoms with Gasteiger partial charge in [0, 0.05) is 25.7 Å². The Bertz CT molecular complexity index is 765. The molecule has 2 rings (SSSR count). The number of nitrogens with zero attached hydrogens (tertiary/aromatic N) is 1. The normalized spacial score (nSPS) is 25.8. The number of carbonyl (C=O) groups is 3. The van der Waals surface area contributed by atoms with Crippen molar-refractivity contribution >= 4 is 17.9 Å². The molecular weight excluding hydrogens is 402 g/mol. The van der Waals surface area contributed by atoms with Crippen molar-refractivity contribution in [3.63, 3.8) is 0 Å². The van der Waals surface area contributed by atoms with Crippen molar-refractivity contribution in [2.75, 3.05) is 13.2 Å². The lowest BCUT2D eigenvalue weighted by atomic mass is 9.89. The quantitative estimate of drug-likeness (QED) is 0.256. The van der Waals surface area contributed by atoms with Gasteiger partial charge in [0.2, 0.25) is 12.1 Å². The molecule has 1 fully saturated rings. The molecule has 1 aromatic rings. The Morgan fingerprint density at radius 3 is 2.27 bits per heavy atom. The van der Waals surface area contributed by atoms with Gasteiger partial charge in [-0.15, -0.1) is 0 Å². The second kappa shape index (κ2) is 10.1. The summed E-state index contributed by atoms with van der Waals surface area (Å²) >= 11 is 0. The molecule has 164 valence electrons. The fourth-order valence-electron chi connectivity index (χ4n) is 3.16. The number of carbonyl (C=O) groups excluding carboxylic acids is 3. The van der Waals surface area contributed by atoms with Crippen molar-refractivity contribution < 1.29 is 43.0 Å². The number of nitro groups is 1. The highest BCUT2D eigenvalue weighted by Gasteiger charge is 2.60. The van der Waals surface area contributed by atoms with Crippen LogP contribution < -0.4 is 0 Å². The topological polar surface area (TPSA) is 141 Å². The van der Waals surface area contributed by atoms with E-state index in [2.05, 4.69) is 0 Å². The maximum atomic E-state index is 11.7. The zero-order valence-electron chi connectivity index (χ0n) is 16.8. The molecule has 4 atom stereocenters. The molecule has 0 unspecified atom stereocenters. The molecule has 1 heterocycles. The van der Waals surface area contributed by atoms with Gasteiger partial charge in [-0.25, -0.2) is 0 Å². The molecule has 1 saturated heterocycles. The average Bonchev–Trinajstić information content (AvgIpc) is 2.63. The molecule has 1 aliphatic heterocycles. The minimum Gasteiger partial charge on any atom is -0.454 e. The molecule has 11 nitrogen and oxygen atoms in total. The first-order chi connectivity index (χ1) is 14.1. The smallest absolute Gasteiger partial charge is 0.303 e. The lowest BCUT2D eigenvalue weighted by molar-refractivity contribution is -0.511. The summed E-state index contributed by atoms with van der Waals surface area (Å²) < 4.78 is 27.0. The molecule has 0 spiro atoms. The van der Waals surface area contributed by atoms with Crippen molar-refractivity contribution in [2.24, 2.45) is 0 Å². The summed E-state index contributed by atoms with van der Waals surface area (Å²) in [5, 5.41) is 11.3. The molecule has 30 heavy (non-hydrogen) atoms. The lowest BCUT2D eigenvalue weighted by Crippen LogP contribution is -2.67. The molecule has 0 bridgehead atoms. The summed E-state index contributed by atoms with van der Waals surface area (Å²) in [6.45, 7) is 1.84. The highest BCUT2D eigenvalue weighted by molar-refractivity contribution is 5.69. The van der Waals surface area contributed by atoms with Crippen LogP contribution >= 0.6 is 0 Å². The second-order valence-electron chi connectivity index (χ2n) is 6.73. The van der Waals surface area contributed by atoms with Crippen molar-refractivity contribution in [2.45, 2.75) is 51.5 Å². The zero-order valence-corrected chi connectivity index (χ0v) is 16.8. The number of benzene rings is 1. The first kappa shape index (κ1) is 23.2. The van der Waals surface area contributed by atoms with Crippen LogP contribution in [0.15, 0.2) is 30.3 Å².